The van der Waals surface area contributed by atoms with Gasteiger partial charge in [-0.2, -0.15) is 0 Å². The van der Waals surface area contributed by atoms with E-state index in [-0.39, 0.29) is 0 Å². The van der Waals surface area contributed by atoms with E-state index in [1.807, 2.05) is 53.5 Å². The van der Waals surface area contributed by atoms with Crippen molar-refractivity contribution in [3.05, 3.63) is 66.5 Å². The summed E-state index contributed by atoms with van der Waals surface area (Å²) in [5.41, 5.74) is 1.01. The van der Waals surface area contributed by atoms with Crippen molar-refractivity contribution in [1.29, 1.82) is 0 Å². The number of nitrogens with zero attached hydrogens (tertiary/aromatic N) is 2. The molecule has 1 saturated heterocycles. The van der Waals surface area contributed by atoms with Gasteiger partial charge in [-0.25, -0.2) is 5.01 Å². The molecule has 0 spiro atoms. The monoisotopic (exact) mass is 316 g/mol. The van der Waals surface area contributed by atoms with E-state index in [1.165, 1.54) is 0 Å². The number of nitrogens with two attached hydrogens (primary N) is 1. The molecule has 1 aliphatic rings. The molecule has 0 atom stereocenters. The van der Waals surface area contributed by atoms with Crippen molar-refractivity contribution in [2.24, 2.45) is 5.84 Å². The molecule has 0 radical (unpaired) electrons. The summed E-state index contributed by atoms with van der Waals surface area (Å²) in [4.78, 5) is 13.5. The summed E-state index contributed by atoms with van der Waals surface area (Å²) in [6.45, 7) is 4.87. The highest BCUT2D eigenvalue weighted by Gasteiger charge is 2.01. The second-order valence-corrected chi connectivity index (χ2v) is 4.70. The molecule has 3 rings (SSSR count). The van der Waals surface area contributed by atoms with E-state index in [2.05, 4.69) is 15.0 Å². The number of carbonyl (C=O) groups excluding carboxylic acids is 1. The van der Waals surface area contributed by atoms with Crippen molar-refractivity contribution in [3.63, 3.8) is 0 Å². The number of piperazine rings is 1. The number of hydrogen-bond donors (Lipinski definition) is 2. The van der Waals surface area contributed by atoms with Crippen LogP contribution >= 0.6 is 0 Å². The lowest BCUT2D eigenvalue weighted by Gasteiger charge is -2.21. The highest BCUT2D eigenvalue weighted by molar-refractivity contribution is 5.37. The van der Waals surface area contributed by atoms with Gasteiger partial charge in [0.15, 0.2) is 0 Å². The molecule has 23 heavy (non-hydrogen) atoms. The second kappa shape index (κ2) is 13.4. The Morgan fingerprint density at radius 2 is 1.70 bits per heavy atom. The van der Waals surface area contributed by atoms with Crippen LogP contribution in [0.3, 0.4) is 0 Å². The molecule has 1 aliphatic heterocycles. The van der Waals surface area contributed by atoms with E-state index in [9.17, 15) is 4.79 Å². The molecule has 6 nitrogen and oxygen atoms in total. The van der Waals surface area contributed by atoms with Crippen LogP contribution in [0.15, 0.2) is 60.9 Å². The molecule has 0 bridgehead atoms. The van der Waals surface area contributed by atoms with Gasteiger partial charge in [0.1, 0.15) is 6.61 Å². The molecule has 1 aromatic carbocycles. The normalized spacial score (nSPS) is 13.6. The van der Waals surface area contributed by atoms with Crippen LogP contribution in [0.25, 0.3) is 0 Å². The third-order valence-electron chi connectivity index (χ3n) is 2.88. The lowest BCUT2D eigenvalue weighted by Crippen LogP contribution is -2.47. The summed E-state index contributed by atoms with van der Waals surface area (Å²) in [6.07, 6.45) is 3.50. The number of nitrogens with one attached hydrogen (secondary N) is 1. The van der Waals surface area contributed by atoms with E-state index in [0.29, 0.717) is 13.1 Å². The van der Waals surface area contributed by atoms with E-state index < -0.39 is 0 Å². The molecular weight excluding hydrogens is 292 g/mol. The number of aromatic nitrogens is 1. The van der Waals surface area contributed by atoms with Crippen LogP contribution < -0.4 is 11.2 Å². The van der Waals surface area contributed by atoms with Gasteiger partial charge in [0, 0.05) is 38.6 Å². The maximum atomic E-state index is 9.76. The van der Waals surface area contributed by atoms with E-state index >= 15 is 0 Å². The Hall–Kier alpha value is -2.28. The Morgan fingerprint density at radius 1 is 1.09 bits per heavy atom. The zero-order chi connectivity index (χ0) is 16.6. The summed E-state index contributed by atoms with van der Waals surface area (Å²) in [5, 5.41) is 5.02. The zero-order valence-electron chi connectivity index (χ0n) is 13.2. The predicted octanol–water partition coefficient (Wildman–Crippen LogP) is 1.21. The SMILES string of the molecule is NN1CCNCC1.O=COCc1ccccc1.c1ccncc1. The Morgan fingerprint density at radius 3 is 2.09 bits per heavy atom. The molecular formula is C17H24N4O2. The lowest BCUT2D eigenvalue weighted by molar-refractivity contribution is -0.129. The minimum atomic E-state index is 0.365. The lowest BCUT2D eigenvalue weighted by atomic mass is 10.2. The summed E-state index contributed by atoms with van der Waals surface area (Å²) in [6, 6.07) is 15.3. The van der Waals surface area contributed by atoms with Crippen molar-refractivity contribution in [1.82, 2.24) is 15.3 Å². The van der Waals surface area contributed by atoms with Crippen molar-refractivity contribution in [2.45, 2.75) is 6.61 Å². The van der Waals surface area contributed by atoms with E-state index in [1.54, 1.807) is 12.4 Å². The molecule has 124 valence electrons. The maximum Gasteiger partial charge on any atom is 0.293 e. The number of hydrazine groups is 1. The molecule has 0 saturated carbocycles. The number of ether oxygens (including phenoxy) is 1. The quantitative estimate of drug-likeness (QED) is 0.654. The first kappa shape index (κ1) is 18.8. The Bertz CT molecular complexity index is 464. The maximum absolute atomic E-state index is 9.76. The molecule has 0 amide bonds. The average molecular weight is 316 g/mol. The Labute approximate surface area is 137 Å². The van der Waals surface area contributed by atoms with Crippen molar-refractivity contribution in [3.8, 4) is 0 Å². The third-order valence-corrected chi connectivity index (χ3v) is 2.88. The number of pyridine rings is 1. The predicted molar refractivity (Wildman–Crippen MR) is 90.2 cm³/mol. The molecule has 1 aromatic heterocycles. The molecule has 1 fully saturated rings. The van der Waals surface area contributed by atoms with Crippen LogP contribution in [-0.4, -0.2) is 42.6 Å². The van der Waals surface area contributed by atoms with Gasteiger partial charge in [0.05, 0.1) is 0 Å². The van der Waals surface area contributed by atoms with Crippen LogP contribution in [0.1, 0.15) is 5.56 Å². The minimum absolute atomic E-state index is 0.365. The van der Waals surface area contributed by atoms with Crippen LogP contribution in [0.5, 0.6) is 0 Å². The van der Waals surface area contributed by atoms with Gasteiger partial charge in [-0.3, -0.25) is 15.6 Å². The summed E-state index contributed by atoms with van der Waals surface area (Å²) >= 11 is 0. The smallest absolute Gasteiger partial charge is 0.293 e. The molecule has 2 heterocycles. The van der Waals surface area contributed by atoms with E-state index in [4.69, 9.17) is 5.84 Å². The molecule has 3 N–H and O–H groups in total. The van der Waals surface area contributed by atoms with Gasteiger partial charge >= 0.3 is 0 Å². The summed E-state index contributed by atoms with van der Waals surface area (Å²) < 4.78 is 4.54. The highest BCUT2D eigenvalue weighted by atomic mass is 16.5. The number of benzene rings is 1. The average Bonchev–Trinajstić information content (AvgIpc) is 2.64. The van der Waals surface area contributed by atoms with Gasteiger partial charge in [-0.1, -0.05) is 36.4 Å². The summed E-state index contributed by atoms with van der Waals surface area (Å²) in [7, 11) is 0. The standard InChI is InChI=1S/C8H8O2.C5H5N.C4H11N3/c9-7-10-6-8-4-2-1-3-5-8;1-2-4-6-5-3-1;5-7-3-1-6-2-4-7/h1-5,7H,6H2;1-5H;6H,1-5H2. The van der Waals surface area contributed by atoms with Crippen LogP contribution in [0.2, 0.25) is 0 Å². The fourth-order valence-electron chi connectivity index (χ4n) is 1.70. The first-order chi connectivity index (χ1) is 11.3. The highest BCUT2D eigenvalue weighted by Crippen LogP contribution is 1.98. The largest absolute Gasteiger partial charge is 0.463 e. The first-order valence-electron chi connectivity index (χ1n) is 7.47. The fraction of sp³-hybridized carbons (Fsp3) is 0.294. The van der Waals surface area contributed by atoms with Crippen molar-refractivity contribution < 1.29 is 9.53 Å². The Balaban J connectivity index is 0.000000179. The second-order valence-electron chi connectivity index (χ2n) is 4.70. The minimum Gasteiger partial charge on any atom is -0.463 e. The van der Waals surface area contributed by atoms with Gasteiger partial charge in [0.2, 0.25) is 0 Å². The molecule has 2 aromatic rings. The molecule has 6 heteroatoms. The van der Waals surface area contributed by atoms with Crippen LogP contribution in [0, 0.1) is 0 Å². The van der Waals surface area contributed by atoms with Crippen molar-refractivity contribution in [2.75, 3.05) is 26.2 Å². The fourth-order valence-corrected chi connectivity index (χ4v) is 1.70. The topological polar surface area (TPSA) is 80.5 Å². The molecule has 0 unspecified atom stereocenters. The third kappa shape index (κ3) is 11.0. The van der Waals surface area contributed by atoms with E-state index in [0.717, 1.165) is 31.7 Å². The van der Waals surface area contributed by atoms with Gasteiger partial charge in [-0.05, 0) is 17.7 Å². The number of hydrogen-bond acceptors (Lipinski definition) is 6. The van der Waals surface area contributed by atoms with Gasteiger partial charge in [0.25, 0.3) is 6.47 Å². The van der Waals surface area contributed by atoms with Crippen molar-refractivity contribution >= 4 is 6.47 Å². The summed E-state index contributed by atoms with van der Waals surface area (Å²) in [5.74, 6) is 5.43. The first-order valence-corrected chi connectivity index (χ1v) is 7.47. The Kier molecular flexibility index (Phi) is 10.9. The number of carbonyl (C=O) groups is 1. The number of rotatable bonds is 3. The van der Waals surface area contributed by atoms with Crippen LogP contribution in [-0.2, 0) is 16.1 Å². The van der Waals surface area contributed by atoms with Gasteiger partial charge < -0.3 is 10.1 Å². The van der Waals surface area contributed by atoms with Crippen LogP contribution in [0.4, 0.5) is 0 Å². The molecule has 0 aliphatic carbocycles. The zero-order valence-corrected chi connectivity index (χ0v) is 13.2. The van der Waals surface area contributed by atoms with Gasteiger partial charge in [-0.15, -0.1) is 0 Å².